The Labute approximate surface area is 232 Å². The molecular weight excluding hydrogens is 516 g/mol. The van der Waals surface area contributed by atoms with E-state index in [-0.39, 0.29) is 31.3 Å². The van der Waals surface area contributed by atoms with Crippen molar-refractivity contribution >= 4 is 40.6 Å². The lowest BCUT2D eigenvalue weighted by Crippen LogP contribution is -2.57. The lowest BCUT2D eigenvalue weighted by atomic mass is 10.0. The van der Waals surface area contributed by atoms with E-state index >= 15 is 0 Å². The molecule has 0 saturated carbocycles. The number of aromatic nitrogens is 1. The summed E-state index contributed by atoms with van der Waals surface area (Å²) in [6.45, 7) is 1.26. The topological polar surface area (TPSA) is 208 Å². The third kappa shape index (κ3) is 7.08. The number of nitrogens with one attached hydrogen (secondary N) is 4. The zero-order chi connectivity index (χ0) is 28.6. The molecule has 1 aromatic carbocycles. The monoisotopic (exact) mass is 554 g/mol. The summed E-state index contributed by atoms with van der Waals surface area (Å²) >= 11 is 0. The number of amides is 3. The molecule has 3 heterocycles. The maximum absolute atomic E-state index is 13.7. The smallest absolute Gasteiger partial charge is 0.326 e. The number of para-hydroxylation sites is 1. The average Bonchev–Trinajstić information content (AvgIpc) is 3.70. The maximum atomic E-state index is 13.7. The van der Waals surface area contributed by atoms with Crippen LogP contribution >= 0.6 is 0 Å². The van der Waals surface area contributed by atoms with Crippen molar-refractivity contribution in [3.8, 4) is 0 Å². The molecule has 3 amide bonds. The van der Waals surface area contributed by atoms with Gasteiger partial charge in [0.15, 0.2) is 5.96 Å². The number of H-pyrrole nitrogens is 1. The summed E-state index contributed by atoms with van der Waals surface area (Å²) in [6, 6.07) is 4.36. The van der Waals surface area contributed by atoms with E-state index in [0.717, 1.165) is 29.4 Å². The Morgan fingerprint density at radius 2 is 1.90 bits per heavy atom. The molecule has 40 heavy (non-hydrogen) atoms. The Bertz CT molecular complexity index is 1250. The van der Waals surface area contributed by atoms with E-state index in [2.05, 4.69) is 25.9 Å². The molecule has 1 aromatic heterocycles. The largest absolute Gasteiger partial charge is 0.480 e. The molecule has 0 spiro atoms. The van der Waals surface area contributed by atoms with E-state index in [1.807, 2.05) is 30.5 Å². The molecule has 4 rings (SSSR count). The van der Waals surface area contributed by atoms with Gasteiger partial charge in [-0.05, 0) is 56.7 Å². The van der Waals surface area contributed by atoms with Gasteiger partial charge in [0.25, 0.3) is 0 Å². The van der Waals surface area contributed by atoms with Crippen molar-refractivity contribution in [2.45, 2.75) is 69.1 Å². The highest BCUT2D eigenvalue weighted by Crippen LogP contribution is 2.21. The van der Waals surface area contributed by atoms with Crippen molar-refractivity contribution in [1.82, 2.24) is 25.8 Å². The Morgan fingerprint density at radius 1 is 1.10 bits per heavy atom. The molecule has 13 heteroatoms. The van der Waals surface area contributed by atoms with Gasteiger partial charge in [-0.3, -0.25) is 19.4 Å². The summed E-state index contributed by atoms with van der Waals surface area (Å²) in [4.78, 5) is 60.5. The van der Waals surface area contributed by atoms with Crippen LogP contribution in [-0.2, 0) is 25.6 Å². The number of benzene rings is 1. The number of aliphatic imine (C=N–C) groups is 1. The van der Waals surface area contributed by atoms with E-state index in [1.54, 1.807) is 0 Å². The standard InChI is InChI=1S/C27H38N8O5/c28-27(29)31-12-4-9-20(25(38)35-13-5-10-22(35)26(39)40)33-24(37)21(34-23(36)19-8-3-11-30-19)14-16-15-32-18-7-2-1-6-17(16)18/h1-2,6-7,15,19-22,30,32H,3-5,8-14H2,(H,33,37)(H,34,36)(H,39,40)(H4,28,29,31). The van der Waals surface area contributed by atoms with Crippen LogP contribution in [0, 0.1) is 0 Å². The van der Waals surface area contributed by atoms with Gasteiger partial charge in [0.05, 0.1) is 6.04 Å². The van der Waals surface area contributed by atoms with Crippen molar-refractivity contribution in [3.63, 3.8) is 0 Å². The number of nitrogens with two attached hydrogens (primary N) is 2. The van der Waals surface area contributed by atoms with E-state index in [4.69, 9.17) is 11.5 Å². The molecular formula is C27H38N8O5. The van der Waals surface area contributed by atoms with Gasteiger partial charge in [0.1, 0.15) is 18.1 Å². The van der Waals surface area contributed by atoms with Crippen molar-refractivity contribution in [2.75, 3.05) is 19.6 Å². The second-order valence-electron chi connectivity index (χ2n) is 10.3. The fourth-order valence-corrected chi connectivity index (χ4v) is 5.43. The molecule has 13 nitrogen and oxygen atoms in total. The van der Waals surface area contributed by atoms with Crippen molar-refractivity contribution in [1.29, 1.82) is 0 Å². The Morgan fingerprint density at radius 3 is 2.62 bits per heavy atom. The minimum Gasteiger partial charge on any atom is -0.480 e. The van der Waals surface area contributed by atoms with Crippen LogP contribution in [0.5, 0.6) is 0 Å². The Hall–Kier alpha value is -4.13. The van der Waals surface area contributed by atoms with Gasteiger partial charge in [-0.15, -0.1) is 0 Å². The van der Waals surface area contributed by atoms with Gasteiger partial charge in [0, 0.05) is 36.6 Å². The maximum Gasteiger partial charge on any atom is 0.326 e. The van der Waals surface area contributed by atoms with Crippen LogP contribution in [0.1, 0.15) is 44.1 Å². The van der Waals surface area contributed by atoms with Crippen LogP contribution < -0.4 is 27.4 Å². The molecule has 2 aliphatic rings. The van der Waals surface area contributed by atoms with Gasteiger partial charge in [-0.1, -0.05) is 18.2 Å². The van der Waals surface area contributed by atoms with Gasteiger partial charge in [-0.25, -0.2) is 4.79 Å². The Kier molecular flexibility index (Phi) is 9.59. The molecule has 4 unspecified atom stereocenters. The van der Waals surface area contributed by atoms with Crippen LogP contribution in [0.15, 0.2) is 35.5 Å². The summed E-state index contributed by atoms with van der Waals surface area (Å²) in [5.74, 6) is -2.44. The predicted octanol–water partition coefficient (Wildman–Crippen LogP) is -0.439. The van der Waals surface area contributed by atoms with Crippen molar-refractivity contribution in [3.05, 3.63) is 36.0 Å². The molecule has 2 aromatic rings. The minimum atomic E-state index is -1.08. The first kappa shape index (κ1) is 28.9. The van der Waals surface area contributed by atoms with Crippen molar-refractivity contribution < 1.29 is 24.3 Å². The van der Waals surface area contributed by atoms with E-state index in [9.17, 15) is 24.3 Å². The summed E-state index contributed by atoms with van der Waals surface area (Å²) in [5, 5.41) is 19.4. The number of rotatable bonds is 12. The summed E-state index contributed by atoms with van der Waals surface area (Å²) in [5.41, 5.74) is 12.6. The number of guanidine groups is 1. The SMILES string of the molecule is NC(N)=NCCCC(NC(=O)C(Cc1c[nH]c2ccccc12)NC(=O)C1CCCN1)C(=O)N1CCCC1C(=O)O. The third-order valence-corrected chi connectivity index (χ3v) is 7.49. The van der Waals surface area contributed by atoms with Crippen LogP contribution in [0.2, 0.25) is 0 Å². The van der Waals surface area contributed by atoms with Gasteiger partial charge in [-0.2, -0.15) is 0 Å². The summed E-state index contributed by atoms with van der Waals surface area (Å²) in [7, 11) is 0. The van der Waals surface area contributed by atoms with E-state index in [0.29, 0.717) is 32.2 Å². The molecule has 0 bridgehead atoms. The second-order valence-corrected chi connectivity index (χ2v) is 10.3. The highest BCUT2D eigenvalue weighted by Gasteiger charge is 2.38. The zero-order valence-electron chi connectivity index (χ0n) is 22.4. The quantitative estimate of drug-likeness (QED) is 0.104. The number of fused-ring (bicyclic) bond motifs is 1. The first-order valence-electron chi connectivity index (χ1n) is 13.7. The molecule has 216 valence electrons. The molecule has 0 radical (unpaired) electrons. The van der Waals surface area contributed by atoms with Crippen LogP contribution in [0.3, 0.4) is 0 Å². The number of hydrogen-bond acceptors (Lipinski definition) is 6. The Balaban J connectivity index is 1.55. The van der Waals surface area contributed by atoms with Gasteiger partial charge in [0.2, 0.25) is 17.7 Å². The average molecular weight is 555 g/mol. The second kappa shape index (κ2) is 13.3. The number of carbonyl (C=O) groups is 4. The molecule has 2 aliphatic heterocycles. The zero-order valence-corrected chi connectivity index (χ0v) is 22.4. The highest BCUT2D eigenvalue weighted by atomic mass is 16.4. The van der Waals surface area contributed by atoms with E-state index in [1.165, 1.54) is 4.90 Å². The molecule has 2 fully saturated rings. The lowest BCUT2D eigenvalue weighted by Gasteiger charge is -2.29. The van der Waals surface area contributed by atoms with Crippen LogP contribution in [0.4, 0.5) is 0 Å². The predicted molar refractivity (Wildman–Crippen MR) is 149 cm³/mol. The van der Waals surface area contributed by atoms with Gasteiger partial charge >= 0.3 is 5.97 Å². The number of nitrogens with zero attached hydrogens (tertiary/aromatic N) is 2. The number of aromatic amines is 1. The summed E-state index contributed by atoms with van der Waals surface area (Å²) < 4.78 is 0. The molecule has 0 aliphatic carbocycles. The molecule has 4 atom stereocenters. The fourth-order valence-electron chi connectivity index (χ4n) is 5.43. The number of aliphatic carboxylic acids is 1. The number of likely N-dealkylation sites (tertiary alicyclic amines) is 1. The molecule has 2 saturated heterocycles. The third-order valence-electron chi connectivity index (χ3n) is 7.49. The van der Waals surface area contributed by atoms with Crippen molar-refractivity contribution in [2.24, 2.45) is 16.5 Å². The van der Waals surface area contributed by atoms with Gasteiger partial charge < -0.3 is 42.4 Å². The lowest BCUT2D eigenvalue weighted by molar-refractivity contribution is -0.149. The van der Waals surface area contributed by atoms with Crippen LogP contribution in [-0.4, -0.2) is 88.4 Å². The number of carboxylic acid groups (broad SMARTS) is 1. The summed E-state index contributed by atoms with van der Waals surface area (Å²) in [6.07, 6.45) is 5.03. The number of hydrogen-bond donors (Lipinski definition) is 7. The highest BCUT2D eigenvalue weighted by molar-refractivity contribution is 5.95. The van der Waals surface area contributed by atoms with Crippen LogP contribution in [0.25, 0.3) is 10.9 Å². The normalized spacial score (nSPS) is 20.1. The number of carbonyl (C=O) groups excluding carboxylic acids is 3. The fraction of sp³-hybridized carbons (Fsp3) is 0.519. The minimum absolute atomic E-state index is 0.0839. The van der Waals surface area contributed by atoms with E-state index < -0.39 is 42.0 Å². The number of carboxylic acids is 1. The molecule has 9 N–H and O–H groups in total. The first-order chi connectivity index (χ1) is 19.2. The first-order valence-corrected chi connectivity index (χ1v) is 13.7.